The van der Waals surface area contributed by atoms with Crippen molar-refractivity contribution in [1.29, 1.82) is 0 Å². The molecular formula is C49H64O4S2. The summed E-state index contributed by atoms with van der Waals surface area (Å²) in [5.41, 5.74) is 12.4. The monoisotopic (exact) mass is 780 g/mol. The van der Waals surface area contributed by atoms with Crippen LogP contribution in [0, 0.1) is 0 Å². The minimum absolute atomic E-state index is 0.122. The van der Waals surface area contributed by atoms with Gasteiger partial charge in [-0.15, -0.1) is 23.5 Å². The highest BCUT2D eigenvalue weighted by atomic mass is 32.2. The smallest absolute Gasteiger partial charge is 0.126 e. The predicted molar refractivity (Wildman–Crippen MR) is 236 cm³/mol. The van der Waals surface area contributed by atoms with E-state index in [0.717, 1.165) is 80.4 Å². The fourth-order valence-corrected chi connectivity index (χ4v) is 10.5. The summed E-state index contributed by atoms with van der Waals surface area (Å²) in [6.45, 7) is 25.7. The number of rotatable bonds is 7. The molecule has 0 unspecified atom stereocenters. The number of phenols is 2. The van der Waals surface area contributed by atoms with E-state index in [1.807, 2.05) is 23.5 Å². The van der Waals surface area contributed by atoms with Gasteiger partial charge in [0.1, 0.15) is 23.0 Å². The van der Waals surface area contributed by atoms with Crippen LogP contribution in [0.4, 0.5) is 0 Å². The fourth-order valence-electron chi connectivity index (χ4n) is 7.71. The van der Waals surface area contributed by atoms with Crippen LogP contribution in [0.5, 0.6) is 23.0 Å². The average molecular weight is 781 g/mol. The summed E-state index contributed by atoms with van der Waals surface area (Å²) in [6.07, 6.45) is 3.89. The van der Waals surface area contributed by atoms with Gasteiger partial charge >= 0.3 is 0 Å². The third-order valence-electron chi connectivity index (χ3n) is 11.0. The Morgan fingerprint density at radius 2 is 0.782 bits per heavy atom. The van der Waals surface area contributed by atoms with E-state index in [9.17, 15) is 10.2 Å². The molecule has 1 heterocycles. The van der Waals surface area contributed by atoms with Gasteiger partial charge in [-0.1, -0.05) is 113 Å². The molecular weight excluding hydrogens is 717 g/mol. The molecule has 6 heteroatoms. The first-order chi connectivity index (χ1) is 25.9. The number of aromatic hydroxyl groups is 2. The van der Waals surface area contributed by atoms with Crippen LogP contribution >= 0.6 is 23.5 Å². The maximum atomic E-state index is 12.4. The molecule has 1 aliphatic heterocycles. The molecule has 0 radical (unpaired) electrons. The largest absolute Gasteiger partial charge is 0.507 e. The molecule has 1 aliphatic carbocycles. The van der Waals surface area contributed by atoms with Crippen molar-refractivity contribution in [2.75, 3.05) is 24.7 Å². The van der Waals surface area contributed by atoms with Crippen LogP contribution in [-0.2, 0) is 41.9 Å². The lowest BCUT2D eigenvalue weighted by atomic mass is 9.80. The van der Waals surface area contributed by atoms with Crippen molar-refractivity contribution in [1.82, 2.24) is 0 Å². The third-order valence-corrected chi connectivity index (χ3v) is 14.1. The van der Waals surface area contributed by atoms with E-state index >= 15 is 0 Å². The maximum absolute atomic E-state index is 12.4. The molecule has 4 aromatic carbocycles. The summed E-state index contributed by atoms with van der Waals surface area (Å²) in [5.74, 6) is 4.69. The molecule has 4 nitrogen and oxygen atoms in total. The van der Waals surface area contributed by atoms with E-state index in [1.165, 1.54) is 22.3 Å². The van der Waals surface area contributed by atoms with Gasteiger partial charge in [0, 0.05) is 37.2 Å². The Kier molecular flexibility index (Phi) is 12.3. The van der Waals surface area contributed by atoms with Gasteiger partial charge in [-0.2, -0.15) is 0 Å². The van der Waals surface area contributed by atoms with Crippen LogP contribution in [0.1, 0.15) is 160 Å². The molecule has 4 aromatic rings. The number of hydrogen-bond donors (Lipinski definition) is 2. The van der Waals surface area contributed by atoms with E-state index in [2.05, 4.69) is 125 Å². The fraction of sp³-hybridized carbons (Fsp3) is 0.510. The molecule has 0 amide bonds. The minimum Gasteiger partial charge on any atom is -0.507 e. The lowest BCUT2D eigenvalue weighted by molar-refractivity contribution is 0.311. The van der Waals surface area contributed by atoms with Crippen molar-refractivity contribution in [3.63, 3.8) is 0 Å². The van der Waals surface area contributed by atoms with Crippen molar-refractivity contribution in [3.05, 3.63) is 115 Å². The van der Waals surface area contributed by atoms with Gasteiger partial charge in [-0.05, 0) is 108 Å². The van der Waals surface area contributed by atoms with Gasteiger partial charge in [0.25, 0.3) is 0 Å². The number of fused-ring (bicyclic) bond motifs is 8. The molecule has 1 saturated heterocycles. The van der Waals surface area contributed by atoms with Crippen molar-refractivity contribution < 1.29 is 19.7 Å². The second-order valence-corrected chi connectivity index (χ2v) is 21.5. The van der Waals surface area contributed by atoms with E-state index in [0.29, 0.717) is 55.0 Å². The quantitative estimate of drug-likeness (QED) is 0.172. The Balaban J connectivity index is 1.71. The van der Waals surface area contributed by atoms with Gasteiger partial charge in [0.05, 0.1) is 17.8 Å². The van der Waals surface area contributed by atoms with Crippen LogP contribution in [-0.4, -0.2) is 34.9 Å². The molecule has 0 spiro atoms. The average Bonchev–Trinajstić information content (AvgIpc) is 3.64. The topological polar surface area (TPSA) is 58.9 Å². The summed E-state index contributed by atoms with van der Waals surface area (Å²) >= 11 is 3.99. The molecule has 296 valence electrons. The summed E-state index contributed by atoms with van der Waals surface area (Å²) in [5, 5.41) is 24.8. The van der Waals surface area contributed by atoms with Gasteiger partial charge in [0.15, 0.2) is 0 Å². The van der Waals surface area contributed by atoms with Gasteiger partial charge in [0.2, 0.25) is 0 Å². The molecule has 6 rings (SSSR count). The Labute approximate surface area is 340 Å². The Bertz CT molecular complexity index is 1900. The van der Waals surface area contributed by atoms with Crippen LogP contribution in [0.2, 0.25) is 0 Å². The predicted octanol–water partition coefficient (Wildman–Crippen LogP) is 12.7. The normalized spacial score (nSPS) is 15.3. The zero-order valence-corrected chi connectivity index (χ0v) is 36.9. The van der Waals surface area contributed by atoms with Crippen LogP contribution in [0.15, 0.2) is 48.5 Å². The first-order valence-corrected chi connectivity index (χ1v) is 22.5. The SMILES string of the molecule is CCCOc1c2cc(C(C)(C)C)cc1Cc1cc(C(C)(C)C)cc(c1O)Cc1cc(C(C)(C)C)cc(c1OCCC)Cc1cc(C3SCCS3)cc(c1O)C2. The first-order valence-electron chi connectivity index (χ1n) is 20.4. The van der Waals surface area contributed by atoms with E-state index in [4.69, 9.17) is 9.47 Å². The molecule has 0 aromatic heterocycles. The minimum atomic E-state index is -0.133. The molecule has 2 N–H and O–H groups in total. The van der Waals surface area contributed by atoms with E-state index in [1.54, 1.807) is 0 Å². The van der Waals surface area contributed by atoms with Crippen LogP contribution < -0.4 is 9.47 Å². The Morgan fingerprint density at radius 1 is 0.491 bits per heavy atom. The number of hydrogen-bond acceptors (Lipinski definition) is 6. The van der Waals surface area contributed by atoms with Gasteiger partial charge < -0.3 is 19.7 Å². The van der Waals surface area contributed by atoms with Crippen molar-refractivity contribution in [3.8, 4) is 23.0 Å². The lowest BCUT2D eigenvalue weighted by Gasteiger charge is -2.27. The van der Waals surface area contributed by atoms with Gasteiger partial charge in [-0.25, -0.2) is 0 Å². The lowest BCUT2D eigenvalue weighted by Crippen LogP contribution is -2.16. The number of phenolic OH excluding ortho intramolecular Hbond substituents is 2. The number of thioether (sulfide) groups is 2. The van der Waals surface area contributed by atoms with Crippen LogP contribution in [0.3, 0.4) is 0 Å². The maximum Gasteiger partial charge on any atom is 0.126 e. The zero-order chi connectivity index (χ0) is 39.9. The highest BCUT2D eigenvalue weighted by Gasteiger charge is 2.28. The standard InChI is InChI=1S/C49H64O4S2/c1-12-14-52-44-34-18-30-22-38(46-54-16-17-55-46)23-31(42(30)50)19-35-27-41(49(9,10)11)29-37(45(35)53-15-13-2)21-33-25-39(47(3,4)5)24-32(43(33)51)20-36(44)28-40(26-34)48(6,7)8/h22-29,46,50-51H,12-21H2,1-11H3. The summed E-state index contributed by atoms with van der Waals surface area (Å²) in [4.78, 5) is 0. The molecule has 1 fully saturated rings. The molecule has 0 atom stereocenters. The summed E-state index contributed by atoms with van der Waals surface area (Å²) in [7, 11) is 0. The highest BCUT2D eigenvalue weighted by molar-refractivity contribution is 8.19. The summed E-state index contributed by atoms with van der Waals surface area (Å²) < 4.78 is 13.8. The second kappa shape index (κ2) is 16.3. The highest BCUT2D eigenvalue weighted by Crippen LogP contribution is 2.48. The number of ether oxygens (including phenoxy) is 2. The van der Waals surface area contributed by atoms with E-state index < -0.39 is 0 Å². The second-order valence-electron chi connectivity index (χ2n) is 18.8. The molecule has 8 bridgehead atoms. The van der Waals surface area contributed by atoms with E-state index in [-0.39, 0.29) is 16.2 Å². The zero-order valence-electron chi connectivity index (χ0n) is 35.3. The molecule has 0 saturated carbocycles. The Morgan fingerprint density at radius 3 is 1.07 bits per heavy atom. The van der Waals surface area contributed by atoms with Crippen LogP contribution in [0.25, 0.3) is 0 Å². The summed E-state index contributed by atoms with van der Waals surface area (Å²) in [6, 6.07) is 18.1. The Hall–Kier alpha value is -3.22. The first kappa shape index (κ1) is 41.4. The van der Waals surface area contributed by atoms with Gasteiger partial charge in [-0.3, -0.25) is 0 Å². The molecule has 2 aliphatic rings. The van der Waals surface area contributed by atoms with Crippen molar-refractivity contribution in [2.45, 2.75) is 136 Å². The molecule has 55 heavy (non-hydrogen) atoms. The third kappa shape index (κ3) is 9.33. The number of benzene rings is 4. The van der Waals surface area contributed by atoms with Crippen molar-refractivity contribution in [2.24, 2.45) is 0 Å². The van der Waals surface area contributed by atoms with Crippen molar-refractivity contribution >= 4 is 23.5 Å².